The van der Waals surface area contributed by atoms with Crippen LogP contribution in [-0.4, -0.2) is 31.1 Å². The van der Waals surface area contributed by atoms with Crippen LogP contribution in [0.5, 0.6) is 0 Å². The van der Waals surface area contributed by atoms with E-state index in [2.05, 4.69) is 46.4 Å². The van der Waals surface area contributed by atoms with Crippen LogP contribution in [0.4, 0.5) is 5.00 Å². The Morgan fingerprint density at radius 3 is 2.70 bits per heavy atom. The predicted molar refractivity (Wildman–Crippen MR) is 90.1 cm³/mol. The van der Waals surface area contributed by atoms with Gasteiger partial charge in [0.15, 0.2) is 0 Å². The normalized spacial score (nSPS) is 15.8. The van der Waals surface area contributed by atoms with Crippen LogP contribution < -0.4 is 4.90 Å². The summed E-state index contributed by atoms with van der Waals surface area (Å²) >= 11 is 3.77. The summed E-state index contributed by atoms with van der Waals surface area (Å²) in [6.07, 6.45) is 2.76. The van der Waals surface area contributed by atoms with Gasteiger partial charge in [-0.1, -0.05) is 6.07 Å². The molecule has 0 amide bonds. The third kappa shape index (κ3) is 3.62. The summed E-state index contributed by atoms with van der Waals surface area (Å²) in [6.45, 7) is 8.15. The Balaban J connectivity index is 1.65. The summed E-state index contributed by atoms with van der Waals surface area (Å²) in [4.78, 5) is 8.00. The van der Waals surface area contributed by atoms with Crippen molar-refractivity contribution < 1.29 is 0 Å². The molecule has 0 saturated carbocycles. The highest BCUT2D eigenvalue weighted by Crippen LogP contribution is 2.27. The Hall–Kier alpha value is -0.840. The molecule has 0 aromatic carbocycles. The molecule has 108 valence electrons. The van der Waals surface area contributed by atoms with Gasteiger partial charge in [-0.15, -0.1) is 22.7 Å². The second kappa shape index (κ2) is 6.74. The Morgan fingerprint density at radius 2 is 2.05 bits per heavy atom. The molecular formula is C16H22N2S2. The lowest BCUT2D eigenvalue weighted by atomic mass is 10.4. The van der Waals surface area contributed by atoms with Gasteiger partial charge in [0.2, 0.25) is 0 Å². The van der Waals surface area contributed by atoms with Crippen molar-refractivity contribution in [3.63, 3.8) is 0 Å². The second-order valence-corrected chi connectivity index (χ2v) is 7.73. The quantitative estimate of drug-likeness (QED) is 0.788. The summed E-state index contributed by atoms with van der Waals surface area (Å²) in [6, 6.07) is 8.90. The molecule has 1 aliphatic heterocycles. The summed E-state index contributed by atoms with van der Waals surface area (Å²) in [5.41, 5.74) is 0. The number of hydrogen-bond donors (Lipinski definition) is 0. The Kier molecular flexibility index (Phi) is 4.76. The monoisotopic (exact) mass is 306 g/mol. The van der Waals surface area contributed by atoms with Crippen molar-refractivity contribution in [2.45, 2.75) is 26.3 Å². The molecule has 0 atom stereocenters. The highest BCUT2D eigenvalue weighted by molar-refractivity contribution is 7.16. The minimum Gasteiger partial charge on any atom is -0.357 e. The van der Waals surface area contributed by atoms with Gasteiger partial charge in [-0.25, -0.2) is 0 Å². The molecular weight excluding hydrogens is 284 g/mol. The number of anilines is 1. The van der Waals surface area contributed by atoms with E-state index in [0.29, 0.717) is 0 Å². The molecule has 2 aromatic rings. The zero-order chi connectivity index (χ0) is 13.8. The fraction of sp³-hybridized carbons (Fsp3) is 0.500. The molecule has 20 heavy (non-hydrogen) atoms. The Bertz CT molecular complexity index is 512. The third-order valence-electron chi connectivity index (χ3n) is 3.85. The fourth-order valence-electron chi connectivity index (χ4n) is 2.72. The van der Waals surface area contributed by atoms with E-state index in [1.165, 1.54) is 47.2 Å². The van der Waals surface area contributed by atoms with Crippen molar-refractivity contribution in [3.8, 4) is 0 Å². The number of nitrogens with zero attached hydrogens (tertiary/aromatic N) is 2. The van der Waals surface area contributed by atoms with Crippen LogP contribution in [0, 0.1) is 6.92 Å². The maximum Gasteiger partial charge on any atom is 0.0914 e. The molecule has 4 heteroatoms. The van der Waals surface area contributed by atoms with Crippen molar-refractivity contribution in [2.75, 3.05) is 31.1 Å². The van der Waals surface area contributed by atoms with Crippen molar-refractivity contribution >= 4 is 27.7 Å². The van der Waals surface area contributed by atoms with E-state index in [0.717, 1.165) is 13.1 Å². The molecule has 1 saturated heterocycles. The first-order chi connectivity index (χ1) is 9.81. The number of thiophene rings is 2. The van der Waals surface area contributed by atoms with Crippen molar-refractivity contribution in [1.82, 2.24) is 4.90 Å². The van der Waals surface area contributed by atoms with E-state index in [4.69, 9.17) is 0 Å². The molecule has 2 nitrogen and oxygen atoms in total. The second-order valence-electron chi connectivity index (χ2n) is 5.43. The number of likely N-dealkylation sites (tertiary alicyclic amines) is 1. The van der Waals surface area contributed by atoms with Crippen molar-refractivity contribution in [3.05, 3.63) is 39.4 Å². The van der Waals surface area contributed by atoms with Gasteiger partial charge < -0.3 is 9.80 Å². The first kappa shape index (κ1) is 14.1. The lowest BCUT2D eigenvalue weighted by Crippen LogP contribution is -2.33. The van der Waals surface area contributed by atoms with Gasteiger partial charge >= 0.3 is 0 Å². The van der Waals surface area contributed by atoms with Crippen molar-refractivity contribution in [1.29, 1.82) is 0 Å². The van der Waals surface area contributed by atoms with E-state index in [9.17, 15) is 0 Å². The van der Waals surface area contributed by atoms with Crippen LogP contribution >= 0.6 is 22.7 Å². The van der Waals surface area contributed by atoms with Gasteiger partial charge in [0.05, 0.1) is 11.5 Å². The van der Waals surface area contributed by atoms with Crippen molar-refractivity contribution in [2.24, 2.45) is 0 Å². The Morgan fingerprint density at radius 1 is 1.20 bits per heavy atom. The van der Waals surface area contributed by atoms with E-state index in [1.54, 1.807) is 0 Å². The lowest BCUT2D eigenvalue weighted by Gasteiger charge is -2.25. The molecule has 0 bridgehead atoms. The van der Waals surface area contributed by atoms with E-state index < -0.39 is 0 Å². The van der Waals surface area contributed by atoms with Crippen LogP contribution in [0.1, 0.15) is 22.6 Å². The molecule has 0 N–H and O–H groups in total. The smallest absolute Gasteiger partial charge is 0.0914 e. The zero-order valence-electron chi connectivity index (χ0n) is 12.0. The highest BCUT2D eigenvalue weighted by Gasteiger charge is 2.15. The molecule has 0 unspecified atom stereocenters. The molecule has 3 heterocycles. The minimum absolute atomic E-state index is 1.05. The average Bonchev–Trinajstić information content (AvgIpc) is 3.17. The topological polar surface area (TPSA) is 6.48 Å². The highest BCUT2D eigenvalue weighted by atomic mass is 32.1. The summed E-state index contributed by atoms with van der Waals surface area (Å²) in [5, 5.41) is 3.59. The molecule has 1 fully saturated rings. The van der Waals surface area contributed by atoms with Crippen LogP contribution in [-0.2, 0) is 6.54 Å². The van der Waals surface area contributed by atoms with Crippen LogP contribution in [0.15, 0.2) is 29.6 Å². The van der Waals surface area contributed by atoms with Gasteiger partial charge in [-0.2, -0.15) is 0 Å². The first-order valence-corrected chi connectivity index (χ1v) is 9.07. The standard InChI is InChI=1S/C16H22N2S2/c1-14-6-7-16(20-14)18(13-15-5-4-12-19-15)11-10-17-8-2-3-9-17/h4-7,12H,2-3,8-11,13H2,1H3. The molecule has 0 spiro atoms. The fourth-order valence-corrected chi connectivity index (χ4v) is 4.32. The number of aryl methyl sites for hydroxylation is 1. The predicted octanol–water partition coefficient (Wildman–Crippen LogP) is 4.22. The average molecular weight is 306 g/mol. The SMILES string of the molecule is Cc1ccc(N(CCN2CCCC2)Cc2cccs2)s1. The maximum absolute atomic E-state index is 2.60. The molecule has 0 aliphatic carbocycles. The van der Waals surface area contributed by atoms with E-state index >= 15 is 0 Å². The number of hydrogen-bond acceptors (Lipinski definition) is 4. The first-order valence-electron chi connectivity index (χ1n) is 7.37. The van der Waals surface area contributed by atoms with E-state index in [-0.39, 0.29) is 0 Å². The molecule has 2 aromatic heterocycles. The molecule has 0 radical (unpaired) electrons. The zero-order valence-corrected chi connectivity index (χ0v) is 13.7. The Labute approximate surface area is 129 Å². The third-order valence-corrected chi connectivity index (χ3v) is 5.77. The van der Waals surface area contributed by atoms with E-state index in [1.807, 2.05) is 22.7 Å². The van der Waals surface area contributed by atoms with Crippen LogP contribution in [0.3, 0.4) is 0 Å². The lowest BCUT2D eigenvalue weighted by molar-refractivity contribution is 0.344. The number of rotatable bonds is 6. The van der Waals surface area contributed by atoms with Gasteiger partial charge in [-0.05, 0) is 56.4 Å². The molecule has 3 rings (SSSR count). The summed E-state index contributed by atoms with van der Waals surface area (Å²) < 4.78 is 0. The van der Waals surface area contributed by atoms with Gasteiger partial charge in [0.25, 0.3) is 0 Å². The van der Waals surface area contributed by atoms with Crippen LogP contribution in [0.2, 0.25) is 0 Å². The summed E-state index contributed by atoms with van der Waals surface area (Å²) in [7, 11) is 0. The van der Waals surface area contributed by atoms with Gasteiger partial charge in [0.1, 0.15) is 0 Å². The van der Waals surface area contributed by atoms with Gasteiger partial charge in [-0.3, -0.25) is 0 Å². The van der Waals surface area contributed by atoms with Crippen LogP contribution in [0.25, 0.3) is 0 Å². The minimum atomic E-state index is 1.05. The largest absolute Gasteiger partial charge is 0.357 e. The molecule has 1 aliphatic rings. The van der Waals surface area contributed by atoms with Gasteiger partial charge in [0, 0.05) is 22.8 Å². The summed E-state index contributed by atoms with van der Waals surface area (Å²) in [5.74, 6) is 0. The maximum atomic E-state index is 2.60.